The van der Waals surface area contributed by atoms with Gasteiger partial charge in [0.05, 0.1) is 0 Å². The smallest absolute Gasteiger partial charge is 0.254 e. The number of nitrogens with zero attached hydrogens (tertiary/aromatic N) is 1. The van der Waals surface area contributed by atoms with Gasteiger partial charge in [-0.15, -0.1) is 0 Å². The first-order chi connectivity index (χ1) is 8.65. The van der Waals surface area contributed by atoms with E-state index in [9.17, 15) is 4.79 Å². The summed E-state index contributed by atoms with van der Waals surface area (Å²) >= 11 is 9.59. The van der Waals surface area contributed by atoms with Crippen LogP contribution >= 0.6 is 27.5 Å². The van der Waals surface area contributed by atoms with E-state index in [0.29, 0.717) is 11.1 Å². The number of halogens is 2. The molecule has 0 saturated carbocycles. The molecule has 1 fully saturated rings. The van der Waals surface area contributed by atoms with Gasteiger partial charge in [-0.3, -0.25) is 4.79 Å². The van der Waals surface area contributed by atoms with Crippen LogP contribution in [0.1, 0.15) is 35.2 Å². The van der Waals surface area contributed by atoms with Crippen LogP contribution in [-0.2, 0) is 0 Å². The van der Waals surface area contributed by atoms with Crippen LogP contribution in [0.15, 0.2) is 18.2 Å². The summed E-state index contributed by atoms with van der Waals surface area (Å²) in [6, 6.07) is 5.84. The van der Waals surface area contributed by atoms with Crippen molar-refractivity contribution in [2.24, 2.45) is 0 Å². The molecule has 0 radical (unpaired) electrons. The molecule has 1 unspecified atom stereocenters. The summed E-state index contributed by atoms with van der Waals surface area (Å²) in [4.78, 5) is 14.6. The Morgan fingerprint density at radius 2 is 2.28 bits per heavy atom. The van der Waals surface area contributed by atoms with Crippen molar-refractivity contribution < 1.29 is 4.79 Å². The summed E-state index contributed by atoms with van der Waals surface area (Å²) in [6.07, 6.45) is 3.38. The minimum absolute atomic E-state index is 0.110. The van der Waals surface area contributed by atoms with Gasteiger partial charge in [0.2, 0.25) is 0 Å². The maximum atomic E-state index is 12.6. The van der Waals surface area contributed by atoms with E-state index in [1.807, 2.05) is 30.0 Å². The Kier molecular flexibility index (Phi) is 4.68. The molecule has 0 aromatic heterocycles. The first kappa shape index (κ1) is 13.9. The SMILES string of the molecule is Cc1c(Cl)cccc1C(=O)N1CCCCC1CBr. The Morgan fingerprint density at radius 1 is 1.50 bits per heavy atom. The summed E-state index contributed by atoms with van der Waals surface area (Å²) in [5, 5.41) is 1.51. The molecule has 0 spiro atoms. The molecule has 4 heteroatoms. The second kappa shape index (κ2) is 6.07. The van der Waals surface area contributed by atoms with Crippen molar-refractivity contribution in [3.8, 4) is 0 Å². The van der Waals surface area contributed by atoms with Crippen molar-refractivity contribution in [1.29, 1.82) is 0 Å². The molecule has 0 aliphatic carbocycles. The standard InChI is InChI=1S/C14H17BrClNO/c1-10-12(6-4-7-13(10)16)14(18)17-8-3-2-5-11(17)9-15/h4,6-7,11H,2-3,5,8-9H2,1H3. The van der Waals surface area contributed by atoms with E-state index in [1.165, 1.54) is 6.42 Å². The quantitative estimate of drug-likeness (QED) is 0.750. The van der Waals surface area contributed by atoms with Gasteiger partial charge < -0.3 is 4.90 Å². The van der Waals surface area contributed by atoms with E-state index < -0.39 is 0 Å². The molecule has 98 valence electrons. The first-order valence-corrected chi connectivity index (χ1v) is 7.77. The van der Waals surface area contributed by atoms with E-state index in [1.54, 1.807) is 0 Å². The predicted molar refractivity (Wildman–Crippen MR) is 78.7 cm³/mol. The molecule has 1 aliphatic rings. The lowest BCUT2D eigenvalue weighted by Gasteiger charge is -2.35. The predicted octanol–water partition coefficient (Wildman–Crippen LogP) is 4.04. The zero-order valence-electron chi connectivity index (χ0n) is 10.5. The molecule has 2 rings (SSSR count). The number of piperidine rings is 1. The van der Waals surface area contributed by atoms with Gasteiger partial charge in [0.25, 0.3) is 5.91 Å². The third-order valence-corrected chi connectivity index (χ3v) is 4.72. The van der Waals surface area contributed by atoms with Gasteiger partial charge in [-0.25, -0.2) is 0 Å². The summed E-state index contributed by atoms with van der Waals surface area (Å²) < 4.78 is 0. The van der Waals surface area contributed by atoms with Crippen molar-refractivity contribution in [2.45, 2.75) is 32.2 Å². The minimum atomic E-state index is 0.110. The average Bonchev–Trinajstić information content (AvgIpc) is 2.41. The number of hydrogen-bond acceptors (Lipinski definition) is 1. The first-order valence-electron chi connectivity index (χ1n) is 6.27. The van der Waals surface area contributed by atoms with Crippen LogP contribution in [0.3, 0.4) is 0 Å². The van der Waals surface area contributed by atoms with Crippen LogP contribution in [0, 0.1) is 6.92 Å². The van der Waals surface area contributed by atoms with Crippen LogP contribution < -0.4 is 0 Å². The van der Waals surface area contributed by atoms with Gasteiger partial charge in [0, 0.05) is 28.5 Å². The molecule has 1 heterocycles. The highest BCUT2D eigenvalue weighted by Gasteiger charge is 2.27. The van der Waals surface area contributed by atoms with Gasteiger partial charge in [-0.2, -0.15) is 0 Å². The minimum Gasteiger partial charge on any atom is -0.335 e. The molecule has 1 amide bonds. The molecule has 1 saturated heterocycles. The van der Waals surface area contributed by atoms with Gasteiger partial charge in [-0.1, -0.05) is 33.6 Å². The van der Waals surface area contributed by atoms with Crippen LogP contribution in [0.2, 0.25) is 5.02 Å². The van der Waals surface area contributed by atoms with E-state index >= 15 is 0 Å². The average molecular weight is 331 g/mol. The number of amides is 1. The third kappa shape index (κ3) is 2.72. The second-order valence-electron chi connectivity index (χ2n) is 4.71. The molecule has 1 aliphatic heterocycles. The third-order valence-electron chi connectivity index (χ3n) is 3.56. The fourth-order valence-electron chi connectivity index (χ4n) is 2.42. The Hall–Kier alpha value is -0.540. The highest BCUT2D eigenvalue weighted by atomic mass is 79.9. The normalized spacial score (nSPS) is 19.9. The summed E-state index contributed by atoms with van der Waals surface area (Å²) in [5.41, 5.74) is 1.61. The fraction of sp³-hybridized carbons (Fsp3) is 0.500. The largest absolute Gasteiger partial charge is 0.335 e. The molecular weight excluding hydrogens is 314 g/mol. The van der Waals surface area contributed by atoms with Crippen molar-refractivity contribution in [2.75, 3.05) is 11.9 Å². The highest BCUT2D eigenvalue weighted by molar-refractivity contribution is 9.09. The Morgan fingerprint density at radius 3 is 3.00 bits per heavy atom. The zero-order valence-corrected chi connectivity index (χ0v) is 12.8. The molecule has 1 aromatic carbocycles. The van der Waals surface area contributed by atoms with Gasteiger partial charge in [0.1, 0.15) is 0 Å². The number of benzene rings is 1. The van der Waals surface area contributed by atoms with Crippen molar-refractivity contribution >= 4 is 33.4 Å². The number of carbonyl (C=O) groups is 1. The number of hydrogen-bond donors (Lipinski definition) is 0. The zero-order chi connectivity index (χ0) is 13.1. The molecule has 18 heavy (non-hydrogen) atoms. The van der Waals surface area contributed by atoms with E-state index in [2.05, 4.69) is 15.9 Å². The topological polar surface area (TPSA) is 20.3 Å². The maximum absolute atomic E-state index is 12.6. The Balaban J connectivity index is 2.27. The molecule has 1 aromatic rings. The highest BCUT2D eigenvalue weighted by Crippen LogP contribution is 2.25. The van der Waals surface area contributed by atoms with Gasteiger partial charge in [-0.05, 0) is 43.9 Å². The lowest BCUT2D eigenvalue weighted by atomic mass is 10.0. The Labute approximate surface area is 121 Å². The van der Waals surface area contributed by atoms with Crippen molar-refractivity contribution in [3.05, 3.63) is 34.3 Å². The Bertz CT molecular complexity index is 449. The lowest BCUT2D eigenvalue weighted by molar-refractivity contribution is 0.0641. The molecular formula is C14H17BrClNO. The monoisotopic (exact) mass is 329 g/mol. The number of likely N-dealkylation sites (tertiary alicyclic amines) is 1. The van der Waals surface area contributed by atoms with Crippen LogP contribution in [0.5, 0.6) is 0 Å². The number of rotatable bonds is 2. The summed E-state index contributed by atoms with van der Waals surface area (Å²) in [7, 11) is 0. The van der Waals surface area contributed by atoms with Gasteiger partial charge in [0.15, 0.2) is 0 Å². The maximum Gasteiger partial charge on any atom is 0.254 e. The molecule has 2 nitrogen and oxygen atoms in total. The van der Waals surface area contributed by atoms with Crippen LogP contribution in [0.4, 0.5) is 0 Å². The van der Waals surface area contributed by atoms with E-state index in [-0.39, 0.29) is 5.91 Å². The van der Waals surface area contributed by atoms with Crippen LogP contribution in [-0.4, -0.2) is 28.7 Å². The van der Waals surface area contributed by atoms with E-state index in [0.717, 1.165) is 35.8 Å². The number of alkyl halides is 1. The second-order valence-corrected chi connectivity index (χ2v) is 5.77. The summed E-state index contributed by atoms with van der Waals surface area (Å²) in [6.45, 7) is 2.75. The van der Waals surface area contributed by atoms with Crippen LogP contribution in [0.25, 0.3) is 0 Å². The molecule has 0 N–H and O–H groups in total. The lowest BCUT2D eigenvalue weighted by Crippen LogP contribution is -2.44. The van der Waals surface area contributed by atoms with Gasteiger partial charge >= 0.3 is 0 Å². The van der Waals surface area contributed by atoms with Crippen molar-refractivity contribution in [3.63, 3.8) is 0 Å². The fourth-order valence-corrected chi connectivity index (χ4v) is 3.27. The number of carbonyl (C=O) groups excluding carboxylic acids is 1. The molecule has 0 bridgehead atoms. The molecule has 1 atom stereocenters. The van der Waals surface area contributed by atoms with Crippen molar-refractivity contribution in [1.82, 2.24) is 4.90 Å². The summed E-state index contributed by atoms with van der Waals surface area (Å²) in [5.74, 6) is 0.110. The van der Waals surface area contributed by atoms with E-state index in [4.69, 9.17) is 11.6 Å².